The van der Waals surface area contributed by atoms with E-state index in [1.165, 1.54) is 16.7 Å². The third-order valence-electron chi connectivity index (χ3n) is 4.49. The quantitative estimate of drug-likeness (QED) is 0.824. The van der Waals surface area contributed by atoms with Crippen LogP contribution in [0.25, 0.3) is 0 Å². The number of hydrogen-bond acceptors (Lipinski definition) is 3. The zero-order chi connectivity index (χ0) is 17.8. The molecular weight excluding hydrogens is 314 g/mol. The maximum Gasteiger partial charge on any atom is 0.230 e. The van der Waals surface area contributed by atoms with E-state index in [1.54, 1.807) is 7.11 Å². The van der Waals surface area contributed by atoms with Gasteiger partial charge >= 0.3 is 0 Å². The molecule has 0 N–H and O–H groups in total. The fraction of sp³-hybridized carbons (Fsp3) is 0.381. The second kappa shape index (κ2) is 7.60. The first-order valence-corrected chi connectivity index (χ1v) is 8.75. The smallest absolute Gasteiger partial charge is 0.230 e. The van der Waals surface area contributed by atoms with E-state index in [2.05, 4.69) is 6.07 Å². The van der Waals surface area contributed by atoms with Gasteiger partial charge in [0.1, 0.15) is 11.5 Å². The van der Waals surface area contributed by atoms with Gasteiger partial charge in [-0.3, -0.25) is 4.79 Å². The van der Waals surface area contributed by atoms with Crippen molar-refractivity contribution in [3.05, 3.63) is 53.1 Å². The molecule has 2 aromatic carbocycles. The zero-order valence-corrected chi connectivity index (χ0v) is 15.2. The van der Waals surface area contributed by atoms with Crippen molar-refractivity contribution < 1.29 is 14.3 Å². The molecule has 0 aromatic heterocycles. The standard InChI is InChI=1S/C21H25NO3/c1-15-11-16(2)13-19(12-15)25-10-8-21(23)22-9-4-5-17-14-18(24-3)6-7-20(17)22/h6-7,11-14H,4-5,8-10H2,1-3H3. The van der Waals surface area contributed by atoms with Gasteiger partial charge in [0.05, 0.1) is 20.1 Å². The van der Waals surface area contributed by atoms with Gasteiger partial charge in [0.2, 0.25) is 5.91 Å². The van der Waals surface area contributed by atoms with Crippen LogP contribution in [0.4, 0.5) is 5.69 Å². The number of amides is 1. The van der Waals surface area contributed by atoms with Crippen molar-refractivity contribution in [3.63, 3.8) is 0 Å². The van der Waals surface area contributed by atoms with Gasteiger partial charge in [0, 0.05) is 12.2 Å². The van der Waals surface area contributed by atoms with Gasteiger partial charge in [-0.2, -0.15) is 0 Å². The first kappa shape index (κ1) is 17.3. The predicted octanol–water partition coefficient (Wildman–Crippen LogP) is 4.06. The van der Waals surface area contributed by atoms with Crippen molar-refractivity contribution in [1.29, 1.82) is 0 Å². The van der Waals surface area contributed by atoms with Crippen LogP contribution >= 0.6 is 0 Å². The molecule has 1 amide bonds. The minimum atomic E-state index is 0.107. The lowest BCUT2D eigenvalue weighted by atomic mass is 10.0. The lowest BCUT2D eigenvalue weighted by Gasteiger charge is -2.30. The highest BCUT2D eigenvalue weighted by atomic mass is 16.5. The average molecular weight is 339 g/mol. The number of aryl methyl sites for hydroxylation is 3. The highest BCUT2D eigenvalue weighted by molar-refractivity contribution is 5.94. The van der Waals surface area contributed by atoms with Gasteiger partial charge in [-0.15, -0.1) is 0 Å². The molecule has 1 aliphatic heterocycles. The molecule has 0 atom stereocenters. The first-order valence-electron chi connectivity index (χ1n) is 8.75. The normalized spacial score (nSPS) is 13.3. The topological polar surface area (TPSA) is 38.8 Å². The third-order valence-corrected chi connectivity index (χ3v) is 4.49. The monoisotopic (exact) mass is 339 g/mol. The Hall–Kier alpha value is -2.49. The second-order valence-corrected chi connectivity index (χ2v) is 6.57. The Morgan fingerprint density at radius 2 is 1.84 bits per heavy atom. The van der Waals surface area contributed by atoms with E-state index in [0.29, 0.717) is 13.0 Å². The summed E-state index contributed by atoms with van der Waals surface area (Å²) in [6.07, 6.45) is 2.33. The molecule has 0 saturated carbocycles. The fourth-order valence-electron chi connectivity index (χ4n) is 3.37. The molecule has 25 heavy (non-hydrogen) atoms. The minimum Gasteiger partial charge on any atom is -0.497 e. The molecule has 0 radical (unpaired) electrons. The van der Waals surface area contributed by atoms with E-state index in [4.69, 9.17) is 9.47 Å². The SMILES string of the molecule is COc1ccc2c(c1)CCCN2C(=O)CCOc1cc(C)cc(C)c1. The van der Waals surface area contributed by atoms with E-state index in [-0.39, 0.29) is 5.91 Å². The Morgan fingerprint density at radius 3 is 2.56 bits per heavy atom. The molecule has 3 rings (SSSR count). The molecule has 0 aliphatic carbocycles. The zero-order valence-electron chi connectivity index (χ0n) is 15.2. The average Bonchev–Trinajstić information content (AvgIpc) is 2.59. The largest absolute Gasteiger partial charge is 0.497 e. The maximum absolute atomic E-state index is 12.7. The number of fused-ring (bicyclic) bond motifs is 1. The van der Waals surface area contributed by atoms with Crippen LogP contribution in [0.15, 0.2) is 36.4 Å². The van der Waals surface area contributed by atoms with Crippen molar-refractivity contribution in [2.75, 3.05) is 25.2 Å². The third kappa shape index (κ3) is 4.13. The van der Waals surface area contributed by atoms with Crippen LogP contribution in [0.2, 0.25) is 0 Å². The summed E-state index contributed by atoms with van der Waals surface area (Å²) in [6.45, 7) is 5.25. The second-order valence-electron chi connectivity index (χ2n) is 6.57. The molecule has 1 aliphatic rings. The van der Waals surface area contributed by atoms with Crippen molar-refractivity contribution in [2.45, 2.75) is 33.1 Å². The molecule has 4 heteroatoms. The molecule has 4 nitrogen and oxygen atoms in total. The number of benzene rings is 2. The first-order chi connectivity index (χ1) is 12.1. The van der Waals surface area contributed by atoms with Crippen LogP contribution in [-0.2, 0) is 11.2 Å². The summed E-state index contributed by atoms with van der Waals surface area (Å²) in [7, 11) is 1.66. The van der Waals surface area contributed by atoms with Gasteiger partial charge in [-0.1, -0.05) is 6.07 Å². The van der Waals surface area contributed by atoms with Crippen LogP contribution in [-0.4, -0.2) is 26.2 Å². The summed E-state index contributed by atoms with van der Waals surface area (Å²) in [5, 5.41) is 0. The molecule has 1 heterocycles. The summed E-state index contributed by atoms with van der Waals surface area (Å²) in [4.78, 5) is 14.5. The molecule has 0 fully saturated rings. The van der Waals surface area contributed by atoms with Crippen molar-refractivity contribution in [2.24, 2.45) is 0 Å². The number of anilines is 1. The number of carbonyl (C=O) groups excluding carboxylic acids is 1. The number of rotatable bonds is 5. The summed E-state index contributed by atoms with van der Waals surface area (Å²) in [5.74, 6) is 1.77. The Labute approximate surface area is 149 Å². The van der Waals surface area contributed by atoms with Crippen LogP contribution in [0.1, 0.15) is 29.5 Å². The molecule has 132 valence electrons. The van der Waals surface area contributed by atoms with Gasteiger partial charge in [-0.05, 0) is 73.7 Å². The summed E-state index contributed by atoms with van der Waals surface area (Å²) in [5.41, 5.74) is 4.51. The summed E-state index contributed by atoms with van der Waals surface area (Å²) in [6, 6.07) is 12.0. The molecule has 0 bridgehead atoms. The van der Waals surface area contributed by atoms with E-state index in [0.717, 1.165) is 36.6 Å². The Kier molecular flexibility index (Phi) is 5.27. The van der Waals surface area contributed by atoms with E-state index >= 15 is 0 Å². The molecule has 2 aromatic rings. The minimum absolute atomic E-state index is 0.107. The van der Waals surface area contributed by atoms with Gasteiger partial charge in [0.25, 0.3) is 0 Å². The van der Waals surface area contributed by atoms with Crippen LogP contribution in [0.3, 0.4) is 0 Å². The molecule has 0 spiro atoms. The number of nitrogens with zero attached hydrogens (tertiary/aromatic N) is 1. The van der Waals surface area contributed by atoms with E-state index in [9.17, 15) is 4.79 Å². The predicted molar refractivity (Wildman–Crippen MR) is 99.7 cm³/mol. The summed E-state index contributed by atoms with van der Waals surface area (Å²) < 4.78 is 11.1. The maximum atomic E-state index is 12.7. The van der Waals surface area contributed by atoms with Gasteiger partial charge in [0.15, 0.2) is 0 Å². The van der Waals surface area contributed by atoms with Crippen LogP contribution < -0.4 is 14.4 Å². The van der Waals surface area contributed by atoms with Crippen LogP contribution in [0.5, 0.6) is 11.5 Å². The number of hydrogen-bond donors (Lipinski definition) is 0. The van der Waals surface area contributed by atoms with Gasteiger partial charge < -0.3 is 14.4 Å². The van der Waals surface area contributed by atoms with Crippen molar-refractivity contribution >= 4 is 11.6 Å². The molecule has 0 unspecified atom stereocenters. The Morgan fingerprint density at radius 1 is 1.08 bits per heavy atom. The van der Waals surface area contributed by atoms with Crippen molar-refractivity contribution in [1.82, 2.24) is 0 Å². The lowest BCUT2D eigenvalue weighted by molar-refractivity contribution is -0.119. The van der Waals surface area contributed by atoms with E-state index < -0.39 is 0 Å². The molecular formula is C21H25NO3. The van der Waals surface area contributed by atoms with Crippen molar-refractivity contribution in [3.8, 4) is 11.5 Å². The Bertz CT molecular complexity index is 749. The van der Waals surface area contributed by atoms with Gasteiger partial charge in [-0.25, -0.2) is 0 Å². The summed E-state index contributed by atoms with van der Waals surface area (Å²) >= 11 is 0. The fourth-order valence-corrected chi connectivity index (χ4v) is 3.37. The van der Waals surface area contributed by atoms with E-state index in [1.807, 2.05) is 49.1 Å². The lowest BCUT2D eigenvalue weighted by Crippen LogP contribution is -2.36. The Balaban J connectivity index is 1.62. The highest BCUT2D eigenvalue weighted by Crippen LogP contribution is 2.31. The highest BCUT2D eigenvalue weighted by Gasteiger charge is 2.22. The number of carbonyl (C=O) groups is 1. The van der Waals surface area contributed by atoms with Crippen LogP contribution in [0, 0.1) is 13.8 Å². The number of methoxy groups -OCH3 is 1. The number of ether oxygens (including phenoxy) is 2. The molecule has 0 saturated heterocycles.